The Labute approximate surface area is 174 Å². The molecule has 29 heavy (non-hydrogen) atoms. The molecular formula is C25H33NO3. The number of nitrogens with one attached hydrogen (secondary N) is 1. The molecule has 0 radical (unpaired) electrons. The summed E-state index contributed by atoms with van der Waals surface area (Å²) in [5.41, 5.74) is 3.90. The summed E-state index contributed by atoms with van der Waals surface area (Å²) in [6, 6.07) is 14.6. The third kappa shape index (κ3) is 6.25. The van der Waals surface area contributed by atoms with Gasteiger partial charge in [0, 0.05) is 18.9 Å². The molecule has 1 N–H and O–H groups in total. The smallest absolute Gasteiger partial charge is 0.220 e. The normalized spacial score (nSPS) is 19.1. The van der Waals surface area contributed by atoms with Crippen LogP contribution in [-0.2, 0) is 4.79 Å². The van der Waals surface area contributed by atoms with Crippen LogP contribution in [0, 0.1) is 13.8 Å². The number of ether oxygens (including phenoxy) is 2. The zero-order chi connectivity index (χ0) is 20.6. The number of carbonyl (C=O) groups excluding carboxylic acids is 1. The highest BCUT2D eigenvalue weighted by molar-refractivity contribution is 5.76. The highest BCUT2D eigenvalue weighted by Crippen LogP contribution is 2.35. The number of methoxy groups -OCH3 is 1. The lowest BCUT2D eigenvalue weighted by Crippen LogP contribution is -2.33. The molecule has 1 saturated heterocycles. The van der Waals surface area contributed by atoms with Gasteiger partial charge in [-0.2, -0.15) is 0 Å². The van der Waals surface area contributed by atoms with E-state index in [9.17, 15) is 4.79 Å². The zero-order valence-electron chi connectivity index (χ0n) is 17.9. The van der Waals surface area contributed by atoms with Crippen molar-refractivity contribution in [3.05, 3.63) is 59.2 Å². The Morgan fingerprint density at radius 2 is 1.66 bits per heavy atom. The van der Waals surface area contributed by atoms with Crippen LogP contribution in [0.1, 0.15) is 61.1 Å². The predicted octanol–water partition coefficient (Wildman–Crippen LogP) is 5.31. The molecule has 2 aromatic carbocycles. The van der Waals surface area contributed by atoms with Crippen LogP contribution in [0.3, 0.4) is 0 Å². The third-order valence-corrected chi connectivity index (χ3v) is 5.69. The summed E-state index contributed by atoms with van der Waals surface area (Å²) in [5.74, 6) is 2.17. The lowest BCUT2D eigenvalue weighted by Gasteiger charge is -2.24. The van der Waals surface area contributed by atoms with E-state index < -0.39 is 0 Å². The number of amides is 1. The molecule has 1 aliphatic carbocycles. The Morgan fingerprint density at radius 1 is 0.931 bits per heavy atom. The van der Waals surface area contributed by atoms with Crippen molar-refractivity contribution in [1.82, 2.24) is 5.32 Å². The molecular weight excluding hydrogens is 362 g/mol. The molecule has 1 aliphatic heterocycles. The molecule has 0 aromatic heterocycles. The first-order valence-electron chi connectivity index (χ1n) is 10.7. The molecule has 2 aliphatic rings. The van der Waals surface area contributed by atoms with Gasteiger partial charge in [-0.15, -0.1) is 0 Å². The van der Waals surface area contributed by atoms with Gasteiger partial charge in [-0.05, 0) is 63.6 Å². The standard InChI is InChI=1S/C17H23NO3.C8H10/c1-20-15-8-6-12(13-7-9-17(19)18-11-13)10-16(15)21-14-4-2-3-5-14;1-7-4-3-5-8(2)6-7/h6,8,10,13-14H,2-5,7,9,11H2,1H3,(H,18,19);3-6H,1-2H3. The molecule has 4 rings (SSSR count). The molecule has 2 aromatic rings. The predicted molar refractivity (Wildman–Crippen MR) is 117 cm³/mol. The van der Waals surface area contributed by atoms with Gasteiger partial charge in [0.15, 0.2) is 11.5 Å². The van der Waals surface area contributed by atoms with Gasteiger partial charge in [0.1, 0.15) is 0 Å². The molecule has 1 saturated carbocycles. The molecule has 156 valence electrons. The van der Waals surface area contributed by atoms with Crippen LogP contribution in [0.15, 0.2) is 42.5 Å². The van der Waals surface area contributed by atoms with E-state index in [4.69, 9.17) is 9.47 Å². The lowest BCUT2D eigenvalue weighted by molar-refractivity contribution is -0.122. The average Bonchev–Trinajstić information content (AvgIpc) is 3.22. The van der Waals surface area contributed by atoms with E-state index in [0.29, 0.717) is 25.0 Å². The topological polar surface area (TPSA) is 47.6 Å². The van der Waals surface area contributed by atoms with Gasteiger partial charge in [0.25, 0.3) is 0 Å². The molecule has 0 spiro atoms. The van der Waals surface area contributed by atoms with E-state index in [1.165, 1.54) is 29.5 Å². The maximum Gasteiger partial charge on any atom is 0.220 e. The second-order valence-corrected chi connectivity index (χ2v) is 8.13. The summed E-state index contributed by atoms with van der Waals surface area (Å²) in [5, 5.41) is 2.94. The first-order valence-corrected chi connectivity index (χ1v) is 10.7. The fourth-order valence-electron chi connectivity index (χ4n) is 4.05. The third-order valence-electron chi connectivity index (χ3n) is 5.69. The second kappa shape index (κ2) is 10.3. The van der Waals surface area contributed by atoms with Gasteiger partial charge in [0.2, 0.25) is 5.91 Å². The Bertz CT molecular complexity index is 784. The summed E-state index contributed by atoms with van der Waals surface area (Å²) in [7, 11) is 1.68. The van der Waals surface area contributed by atoms with E-state index in [2.05, 4.69) is 55.6 Å². The first kappa shape index (κ1) is 21.2. The summed E-state index contributed by atoms with van der Waals surface area (Å²) in [6.07, 6.45) is 6.60. The summed E-state index contributed by atoms with van der Waals surface area (Å²) in [6.45, 7) is 4.92. The minimum Gasteiger partial charge on any atom is -0.493 e. The van der Waals surface area contributed by atoms with Gasteiger partial charge in [-0.3, -0.25) is 4.79 Å². The minimum absolute atomic E-state index is 0.155. The SMILES string of the molecule is COc1ccc(C2CCC(=O)NC2)cc1OC1CCCC1.Cc1cccc(C)c1. The minimum atomic E-state index is 0.155. The van der Waals surface area contributed by atoms with Crippen molar-refractivity contribution in [2.75, 3.05) is 13.7 Å². The number of hydrogen-bond donors (Lipinski definition) is 1. The summed E-state index contributed by atoms with van der Waals surface area (Å²) < 4.78 is 11.6. The van der Waals surface area contributed by atoms with Gasteiger partial charge < -0.3 is 14.8 Å². The Kier molecular flexibility index (Phi) is 7.56. The Balaban J connectivity index is 0.000000252. The number of rotatable bonds is 4. The van der Waals surface area contributed by atoms with Crippen molar-refractivity contribution in [3.63, 3.8) is 0 Å². The molecule has 1 atom stereocenters. The van der Waals surface area contributed by atoms with E-state index in [1.807, 2.05) is 6.07 Å². The molecule has 2 fully saturated rings. The number of aryl methyl sites for hydroxylation is 2. The van der Waals surface area contributed by atoms with E-state index >= 15 is 0 Å². The monoisotopic (exact) mass is 395 g/mol. The van der Waals surface area contributed by atoms with Crippen molar-refractivity contribution in [2.45, 2.75) is 64.4 Å². The van der Waals surface area contributed by atoms with Gasteiger partial charge in [-0.25, -0.2) is 0 Å². The van der Waals surface area contributed by atoms with Crippen molar-refractivity contribution >= 4 is 5.91 Å². The Morgan fingerprint density at radius 3 is 2.21 bits per heavy atom. The fraction of sp³-hybridized carbons (Fsp3) is 0.480. The molecule has 1 amide bonds. The fourth-order valence-corrected chi connectivity index (χ4v) is 4.05. The van der Waals surface area contributed by atoms with Crippen LogP contribution in [-0.4, -0.2) is 25.7 Å². The van der Waals surface area contributed by atoms with E-state index in [-0.39, 0.29) is 5.91 Å². The van der Waals surface area contributed by atoms with Crippen LogP contribution >= 0.6 is 0 Å². The van der Waals surface area contributed by atoms with Gasteiger partial charge in [-0.1, -0.05) is 41.5 Å². The quantitative estimate of drug-likeness (QED) is 0.763. The molecule has 0 bridgehead atoms. The van der Waals surface area contributed by atoms with Crippen molar-refractivity contribution < 1.29 is 14.3 Å². The van der Waals surface area contributed by atoms with Gasteiger partial charge >= 0.3 is 0 Å². The van der Waals surface area contributed by atoms with Crippen molar-refractivity contribution in [3.8, 4) is 11.5 Å². The highest BCUT2D eigenvalue weighted by atomic mass is 16.5. The summed E-state index contributed by atoms with van der Waals surface area (Å²) in [4.78, 5) is 11.3. The first-order chi connectivity index (χ1) is 14.0. The Hall–Kier alpha value is -2.49. The van der Waals surface area contributed by atoms with Gasteiger partial charge in [0.05, 0.1) is 13.2 Å². The maximum atomic E-state index is 11.3. The number of hydrogen-bond acceptors (Lipinski definition) is 3. The van der Waals surface area contributed by atoms with Crippen LogP contribution in [0.2, 0.25) is 0 Å². The molecule has 4 heteroatoms. The van der Waals surface area contributed by atoms with Crippen LogP contribution in [0.25, 0.3) is 0 Å². The highest BCUT2D eigenvalue weighted by Gasteiger charge is 2.22. The molecule has 1 unspecified atom stereocenters. The number of benzene rings is 2. The van der Waals surface area contributed by atoms with Crippen molar-refractivity contribution in [2.24, 2.45) is 0 Å². The molecule has 4 nitrogen and oxygen atoms in total. The maximum absolute atomic E-state index is 11.3. The average molecular weight is 396 g/mol. The second-order valence-electron chi connectivity index (χ2n) is 8.13. The summed E-state index contributed by atoms with van der Waals surface area (Å²) >= 11 is 0. The van der Waals surface area contributed by atoms with Crippen LogP contribution < -0.4 is 14.8 Å². The number of carbonyl (C=O) groups is 1. The molecule has 1 heterocycles. The van der Waals surface area contributed by atoms with E-state index in [1.54, 1.807) is 7.11 Å². The number of piperidine rings is 1. The van der Waals surface area contributed by atoms with Crippen molar-refractivity contribution in [1.29, 1.82) is 0 Å². The van der Waals surface area contributed by atoms with E-state index in [0.717, 1.165) is 30.8 Å². The van der Waals surface area contributed by atoms with Crippen LogP contribution in [0.4, 0.5) is 0 Å². The largest absolute Gasteiger partial charge is 0.493 e. The zero-order valence-corrected chi connectivity index (χ0v) is 17.9. The lowest BCUT2D eigenvalue weighted by atomic mass is 9.91. The van der Waals surface area contributed by atoms with Crippen LogP contribution in [0.5, 0.6) is 11.5 Å².